The number of esters is 1. The Hall–Kier alpha value is -3.61. The van der Waals surface area contributed by atoms with E-state index < -0.39 is 17.4 Å². The fraction of sp³-hybridized carbons (Fsp3) is 0.483. The highest BCUT2D eigenvalue weighted by Gasteiger charge is 2.31. The number of ether oxygens (including phenoxy) is 2. The summed E-state index contributed by atoms with van der Waals surface area (Å²) in [5, 5.41) is 5.47. The van der Waals surface area contributed by atoms with E-state index in [0.717, 1.165) is 5.57 Å². The minimum absolute atomic E-state index is 0.229. The summed E-state index contributed by atoms with van der Waals surface area (Å²) in [6.07, 6.45) is 15.1. The van der Waals surface area contributed by atoms with Crippen molar-refractivity contribution < 1.29 is 28.7 Å². The summed E-state index contributed by atoms with van der Waals surface area (Å²) in [6, 6.07) is -0.756. The number of methoxy groups -OCH3 is 1. The lowest BCUT2D eigenvalue weighted by molar-refractivity contribution is -0.149. The fourth-order valence-electron chi connectivity index (χ4n) is 3.34. The SMILES string of the molecule is CC#CCC(C/C=C\NC(=O)C(NC(=O)\C=C/C=C\C(C)=C\CC1CC=C(OC)C(=O)O1)C(C)(C)C)ON. The second-order valence-electron chi connectivity index (χ2n) is 9.78. The minimum Gasteiger partial charge on any atom is -0.490 e. The number of rotatable bonds is 13. The van der Waals surface area contributed by atoms with Crippen LogP contribution in [0, 0.1) is 17.3 Å². The van der Waals surface area contributed by atoms with Crippen molar-refractivity contribution in [2.45, 2.75) is 78.6 Å². The molecule has 0 saturated carbocycles. The van der Waals surface area contributed by atoms with Gasteiger partial charge < -0.3 is 20.1 Å². The van der Waals surface area contributed by atoms with Gasteiger partial charge in [0.05, 0.1) is 13.2 Å². The molecular weight excluding hydrogens is 486 g/mol. The predicted molar refractivity (Wildman–Crippen MR) is 147 cm³/mol. The molecule has 38 heavy (non-hydrogen) atoms. The first-order valence-electron chi connectivity index (χ1n) is 12.5. The molecule has 0 saturated heterocycles. The summed E-state index contributed by atoms with van der Waals surface area (Å²) in [6.45, 7) is 9.27. The molecular formula is C29H41N3O6. The molecule has 0 bridgehead atoms. The van der Waals surface area contributed by atoms with Crippen LogP contribution >= 0.6 is 0 Å². The van der Waals surface area contributed by atoms with Gasteiger partial charge in [-0.1, -0.05) is 56.7 Å². The molecule has 0 radical (unpaired) electrons. The Kier molecular flexibility index (Phi) is 14.5. The second-order valence-corrected chi connectivity index (χ2v) is 9.78. The van der Waals surface area contributed by atoms with Crippen LogP contribution in [-0.2, 0) is 28.7 Å². The number of hydrogen-bond acceptors (Lipinski definition) is 7. The molecule has 2 amide bonds. The Morgan fingerprint density at radius 1 is 1.29 bits per heavy atom. The largest absolute Gasteiger partial charge is 0.490 e. The van der Waals surface area contributed by atoms with Gasteiger partial charge in [0, 0.05) is 25.3 Å². The molecule has 4 N–H and O–H groups in total. The van der Waals surface area contributed by atoms with Crippen LogP contribution in [0.1, 0.15) is 60.3 Å². The van der Waals surface area contributed by atoms with E-state index in [-0.39, 0.29) is 29.8 Å². The zero-order valence-corrected chi connectivity index (χ0v) is 23.2. The third kappa shape index (κ3) is 12.6. The standard InChI is InChI=1S/C29H41N3O6/c1-7-8-13-23(38-30)14-11-20-31-27(34)26(29(3,4)5)32-25(33)15-10-9-12-21(2)16-17-22-18-19-24(36-6)28(35)37-22/h9-12,15-16,19-20,22-23,26H,13-14,17-18,30H2,1-6H3,(H,31,34)(H,32,33)/b12-9-,15-10-,20-11-,21-16+. The number of nitrogens with two attached hydrogens (primary N) is 1. The lowest BCUT2D eigenvalue weighted by atomic mass is 9.86. The van der Waals surface area contributed by atoms with E-state index in [9.17, 15) is 14.4 Å². The van der Waals surface area contributed by atoms with Gasteiger partial charge in [0.25, 0.3) is 0 Å². The Labute approximate surface area is 226 Å². The average molecular weight is 528 g/mol. The molecule has 3 atom stereocenters. The average Bonchev–Trinajstić information content (AvgIpc) is 2.87. The van der Waals surface area contributed by atoms with Crippen LogP contribution < -0.4 is 16.5 Å². The van der Waals surface area contributed by atoms with Gasteiger partial charge in [0.1, 0.15) is 12.1 Å². The van der Waals surface area contributed by atoms with Gasteiger partial charge in [-0.3, -0.25) is 14.4 Å². The third-order valence-electron chi connectivity index (χ3n) is 5.54. The number of carbonyl (C=O) groups is 3. The molecule has 0 fully saturated rings. The van der Waals surface area contributed by atoms with Crippen LogP contribution in [0.4, 0.5) is 0 Å². The molecule has 1 heterocycles. The summed E-state index contributed by atoms with van der Waals surface area (Å²) in [4.78, 5) is 41.8. The van der Waals surface area contributed by atoms with Crippen molar-refractivity contribution in [2.75, 3.05) is 7.11 Å². The molecule has 208 valence electrons. The van der Waals surface area contributed by atoms with Crippen molar-refractivity contribution in [1.29, 1.82) is 0 Å². The minimum atomic E-state index is -0.756. The lowest BCUT2D eigenvalue weighted by Gasteiger charge is -2.29. The van der Waals surface area contributed by atoms with E-state index in [4.69, 9.17) is 20.2 Å². The molecule has 1 rings (SSSR count). The van der Waals surface area contributed by atoms with Gasteiger partial charge in [-0.15, -0.1) is 11.8 Å². The topological polar surface area (TPSA) is 129 Å². The summed E-state index contributed by atoms with van der Waals surface area (Å²) in [5.74, 6) is 10.0. The van der Waals surface area contributed by atoms with Crippen LogP contribution in [0.3, 0.4) is 0 Å². The van der Waals surface area contributed by atoms with Gasteiger partial charge in [-0.2, -0.15) is 0 Å². The highest BCUT2D eigenvalue weighted by atomic mass is 16.6. The molecule has 9 nitrogen and oxygen atoms in total. The van der Waals surface area contributed by atoms with E-state index in [1.54, 1.807) is 31.2 Å². The molecule has 0 aliphatic carbocycles. The number of carbonyl (C=O) groups excluding carboxylic acids is 3. The van der Waals surface area contributed by atoms with E-state index in [2.05, 4.69) is 22.5 Å². The molecule has 1 aliphatic rings. The lowest BCUT2D eigenvalue weighted by Crippen LogP contribution is -2.52. The summed E-state index contributed by atoms with van der Waals surface area (Å²) in [5.41, 5.74) is 0.438. The van der Waals surface area contributed by atoms with Gasteiger partial charge in [0.2, 0.25) is 11.8 Å². The van der Waals surface area contributed by atoms with Crippen LogP contribution in [0.5, 0.6) is 0 Å². The Balaban J connectivity index is 2.60. The fourth-order valence-corrected chi connectivity index (χ4v) is 3.34. The highest BCUT2D eigenvalue weighted by Crippen LogP contribution is 2.20. The zero-order valence-electron chi connectivity index (χ0n) is 23.2. The summed E-state index contributed by atoms with van der Waals surface area (Å²) in [7, 11) is 1.44. The molecule has 1 aliphatic heterocycles. The first-order valence-corrected chi connectivity index (χ1v) is 12.5. The van der Waals surface area contributed by atoms with Crippen molar-refractivity contribution in [2.24, 2.45) is 11.3 Å². The number of cyclic esters (lactones) is 1. The molecule has 3 unspecified atom stereocenters. The summed E-state index contributed by atoms with van der Waals surface area (Å²) >= 11 is 0. The summed E-state index contributed by atoms with van der Waals surface area (Å²) < 4.78 is 10.3. The molecule has 0 spiro atoms. The predicted octanol–water partition coefficient (Wildman–Crippen LogP) is 3.50. The van der Waals surface area contributed by atoms with Crippen molar-refractivity contribution in [3.05, 3.63) is 60.1 Å². The number of allylic oxidation sites excluding steroid dienone is 4. The Bertz CT molecular complexity index is 1020. The Morgan fingerprint density at radius 3 is 2.61 bits per heavy atom. The van der Waals surface area contributed by atoms with E-state index in [1.165, 1.54) is 19.4 Å². The maximum atomic E-state index is 12.7. The van der Waals surface area contributed by atoms with Crippen LogP contribution in [-0.4, -0.2) is 43.1 Å². The third-order valence-corrected chi connectivity index (χ3v) is 5.54. The van der Waals surface area contributed by atoms with E-state index >= 15 is 0 Å². The van der Waals surface area contributed by atoms with Gasteiger partial charge in [0.15, 0.2) is 5.76 Å². The maximum absolute atomic E-state index is 12.7. The molecule has 0 aromatic carbocycles. The van der Waals surface area contributed by atoms with Crippen molar-refractivity contribution >= 4 is 17.8 Å². The number of nitrogens with one attached hydrogen (secondary N) is 2. The van der Waals surface area contributed by atoms with Gasteiger partial charge in [-0.25, -0.2) is 10.7 Å². The normalized spacial score (nSPS) is 18.0. The first kappa shape index (κ1) is 32.4. The quantitative estimate of drug-likeness (QED) is 0.110. The maximum Gasteiger partial charge on any atom is 0.373 e. The van der Waals surface area contributed by atoms with Gasteiger partial charge in [-0.05, 0) is 38.0 Å². The van der Waals surface area contributed by atoms with Crippen molar-refractivity contribution in [1.82, 2.24) is 10.6 Å². The van der Waals surface area contributed by atoms with Crippen LogP contribution in [0.15, 0.2) is 60.1 Å². The number of hydrogen-bond donors (Lipinski definition) is 3. The number of amides is 2. The molecule has 9 heteroatoms. The smallest absolute Gasteiger partial charge is 0.373 e. The van der Waals surface area contributed by atoms with E-state index in [0.29, 0.717) is 25.7 Å². The van der Waals surface area contributed by atoms with E-state index in [1.807, 2.05) is 39.8 Å². The van der Waals surface area contributed by atoms with Crippen molar-refractivity contribution in [3.8, 4) is 11.8 Å². The molecule has 0 aromatic heterocycles. The highest BCUT2D eigenvalue weighted by molar-refractivity contribution is 5.93. The first-order chi connectivity index (χ1) is 18.0. The van der Waals surface area contributed by atoms with Crippen LogP contribution in [0.2, 0.25) is 0 Å². The van der Waals surface area contributed by atoms with Crippen LogP contribution in [0.25, 0.3) is 0 Å². The molecule has 0 aromatic rings. The Morgan fingerprint density at radius 2 is 2.00 bits per heavy atom. The zero-order chi connectivity index (χ0) is 28.6. The monoisotopic (exact) mass is 527 g/mol. The van der Waals surface area contributed by atoms with Gasteiger partial charge >= 0.3 is 5.97 Å². The van der Waals surface area contributed by atoms with Crippen molar-refractivity contribution in [3.63, 3.8) is 0 Å². The second kappa shape index (κ2) is 17.0.